The van der Waals surface area contributed by atoms with E-state index >= 15 is 0 Å². The first-order valence-electron chi connectivity index (χ1n) is 7.88. The van der Waals surface area contributed by atoms with Gasteiger partial charge in [-0.2, -0.15) is 0 Å². The second-order valence-corrected chi connectivity index (χ2v) is 8.32. The minimum atomic E-state index is -0.239. The Morgan fingerprint density at radius 3 is 2.58 bits per heavy atom. The van der Waals surface area contributed by atoms with Gasteiger partial charge in [0.25, 0.3) is 5.91 Å². The van der Waals surface area contributed by atoms with E-state index in [2.05, 4.69) is 5.32 Å². The van der Waals surface area contributed by atoms with E-state index in [-0.39, 0.29) is 17.4 Å². The van der Waals surface area contributed by atoms with Crippen LogP contribution in [0.15, 0.2) is 35.2 Å². The lowest BCUT2D eigenvalue weighted by Gasteiger charge is -2.21. The molecule has 128 valence electrons. The summed E-state index contributed by atoms with van der Waals surface area (Å²) in [6.45, 7) is 6.30. The molecule has 2 rings (SSSR count). The van der Waals surface area contributed by atoms with E-state index < -0.39 is 0 Å². The van der Waals surface area contributed by atoms with E-state index in [0.29, 0.717) is 28.6 Å². The van der Waals surface area contributed by atoms with Crippen molar-refractivity contribution in [2.24, 2.45) is 0 Å². The number of hydrogen-bond donors (Lipinski definition) is 1. The molecule has 1 aliphatic rings. The number of thiocarbonyl (C=S) groups is 1. The second kappa shape index (κ2) is 7.94. The Kier molecular flexibility index (Phi) is 6.18. The summed E-state index contributed by atoms with van der Waals surface area (Å²) in [5.41, 5.74) is 0.736. The molecule has 1 aliphatic heterocycles. The third-order valence-corrected chi connectivity index (χ3v) is 4.65. The molecule has 0 aliphatic carbocycles. The number of nitrogens with one attached hydrogen (secondary N) is 1. The monoisotopic (exact) mass is 362 g/mol. The Balaban J connectivity index is 1.91. The SMILES string of the molecule is CC(C)(C)NC(=O)CCCN1C(=O)C(=Cc2ccccc2)SC1=S. The summed E-state index contributed by atoms with van der Waals surface area (Å²) >= 11 is 6.62. The molecule has 1 aromatic rings. The van der Waals surface area contributed by atoms with E-state index in [1.165, 1.54) is 11.8 Å². The van der Waals surface area contributed by atoms with Crippen LogP contribution in [-0.4, -0.2) is 33.1 Å². The van der Waals surface area contributed by atoms with Gasteiger partial charge in [0.15, 0.2) is 0 Å². The molecule has 0 radical (unpaired) electrons. The number of carbonyl (C=O) groups is 2. The van der Waals surface area contributed by atoms with Gasteiger partial charge in [0.05, 0.1) is 4.91 Å². The minimum Gasteiger partial charge on any atom is -0.352 e. The van der Waals surface area contributed by atoms with Crippen molar-refractivity contribution in [2.75, 3.05) is 6.54 Å². The average molecular weight is 363 g/mol. The van der Waals surface area contributed by atoms with Gasteiger partial charge in [-0.05, 0) is 38.8 Å². The molecule has 24 heavy (non-hydrogen) atoms. The Hall–Kier alpha value is -1.66. The van der Waals surface area contributed by atoms with E-state index in [0.717, 1.165) is 5.56 Å². The van der Waals surface area contributed by atoms with E-state index in [1.807, 2.05) is 57.2 Å². The van der Waals surface area contributed by atoms with Gasteiger partial charge in [-0.25, -0.2) is 0 Å². The molecule has 6 heteroatoms. The lowest BCUT2D eigenvalue weighted by Crippen LogP contribution is -2.40. The molecular weight excluding hydrogens is 340 g/mol. The van der Waals surface area contributed by atoms with Crippen molar-refractivity contribution in [3.8, 4) is 0 Å². The summed E-state index contributed by atoms with van der Waals surface area (Å²) in [7, 11) is 0. The summed E-state index contributed by atoms with van der Waals surface area (Å²) in [4.78, 5) is 26.5. The molecular formula is C18H22N2O2S2. The Morgan fingerprint density at radius 2 is 1.96 bits per heavy atom. The Labute approximate surface area is 152 Å². The zero-order valence-electron chi connectivity index (χ0n) is 14.2. The number of hydrogen-bond acceptors (Lipinski definition) is 4. The van der Waals surface area contributed by atoms with Gasteiger partial charge >= 0.3 is 0 Å². The average Bonchev–Trinajstić information content (AvgIpc) is 2.74. The first kappa shape index (κ1) is 18.7. The number of benzene rings is 1. The Morgan fingerprint density at radius 1 is 1.29 bits per heavy atom. The van der Waals surface area contributed by atoms with Crippen molar-refractivity contribution in [3.05, 3.63) is 40.8 Å². The van der Waals surface area contributed by atoms with E-state index in [1.54, 1.807) is 4.90 Å². The zero-order valence-corrected chi connectivity index (χ0v) is 15.8. The van der Waals surface area contributed by atoms with Gasteiger partial charge in [-0.1, -0.05) is 54.3 Å². The van der Waals surface area contributed by atoms with Crippen molar-refractivity contribution >= 4 is 46.2 Å². The van der Waals surface area contributed by atoms with Crippen LogP contribution in [0.5, 0.6) is 0 Å². The summed E-state index contributed by atoms with van der Waals surface area (Å²) in [6.07, 6.45) is 2.82. The van der Waals surface area contributed by atoms with Crippen molar-refractivity contribution in [1.29, 1.82) is 0 Å². The first-order valence-corrected chi connectivity index (χ1v) is 9.10. The molecule has 0 unspecified atom stereocenters. The summed E-state index contributed by atoms with van der Waals surface area (Å²) < 4.78 is 0.554. The highest BCUT2D eigenvalue weighted by Gasteiger charge is 2.31. The third-order valence-electron chi connectivity index (χ3n) is 3.27. The third kappa shape index (κ3) is 5.46. The number of nitrogens with zero attached hydrogens (tertiary/aromatic N) is 1. The number of thioether (sulfide) groups is 1. The van der Waals surface area contributed by atoms with Crippen molar-refractivity contribution in [2.45, 2.75) is 39.2 Å². The van der Waals surface area contributed by atoms with Crippen LogP contribution in [0.25, 0.3) is 6.08 Å². The van der Waals surface area contributed by atoms with Crippen LogP contribution in [0.3, 0.4) is 0 Å². The van der Waals surface area contributed by atoms with Crippen molar-refractivity contribution in [1.82, 2.24) is 10.2 Å². The molecule has 1 saturated heterocycles. The molecule has 1 aromatic carbocycles. The van der Waals surface area contributed by atoms with Crippen LogP contribution in [-0.2, 0) is 9.59 Å². The maximum absolute atomic E-state index is 12.5. The van der Waals surface area contributed by atoms with Crippen LogP contribution < -0.4 is 5.32 Å². The molecule has 2 amide bonds. The topological polar surface area (TPSA) is 49.4 Å². The highest BCUT2D eigenvalue weighted by Crippen LogP contribution is 2.32. The standard InChI is InChI=1S/C18H22N2O2S2/c1-18(2,3)19-15(21)10-7-11-20-16(22)14(24-17(20)23)12-13-8-5-4-6-9-13/h4-6,8-9,12H,7,10-11H2,1-3H3,(H,19,21). The summed E-state index contributed by atoms with van der Waals surface area (Å²) in [5, 5.41) is 2.92. The van der Waals surface area contributed by atoms with Crippen molar-refractivity contribution in [3.63, 3.8) is 0 Å². The van der Waals surface area contributed by atoms with Gasteiger partial charge < -0.3 is 5.32 Å². The maximum Gasteiger partial charge on any atom is 0.266 e. The lowest BCUT2D eigenvalue weighted by atomic mass is 10.1. The smallest absolute Gasteiger partial charge is 0.266 e. The predicted octanol–water partition coefficient (Wildman–Crippen LogP) is 3.58. The quantitative estimate of drug-likeness (QED) is 0.642. The van der Waals surface area contributed by atoms with Crippen LogP contribution in [0, 0.1) is 0 Å². The summed E-state index contributed by atoms with van der Waals surface area (Å²) in [5.74, 6) is -0.0853. The van der Waals surface area contributed by atoms with Crippen LogP contribution in [0.4, 0.5) is 0 Å². The van der Waals surface area contributed by atoms with E-state index in [9.17, 15) is 9.59 Å². The molecule has 1 fully saturated rings. The van der Waals surface area contributed by atoms with Gasteiger partial charge in [0.2, 0.25) is 5.91 Å². The van der Waals surface area contributed by atoms with Crippen LogP contribution in [0.2, 0.25) is 0 Å². The molecule has 1 heterocycles. The largest absolute Gasteiger partial charge is 0.352 e. The maximum atomic E-state index is 12.5. The molecule has 0 saturated carbocycles. The highest BCUT2D eigenvalue weighted by atomic mass is 32.2. The van der Waals surface area contributed by atoms with Gasteiger partial charge in [-0.15, -0.1) is 0 Å². The molecule has 0 spiro atoms. The molecule has 1 N–H and O–H groups in total. The second-order valence-electron chi connectivity index (χ2n) is 6.65. The molecule has 4 nitrogen and oxygen atoms in total. The van der Waals surface area contributed by atoms with Crippen molar-refractivity contribution < 1.29 is 9.59 Å². The first-order chi connectivity index (χ1) is 11.3. The zero-order chi connectivity index (χ0) is 17.7. The highest BCUT2D eigenvalue weighted by molar-refractivity contribution is 8.26. The fraction of sp³-hybridized carbons (Fsp3) is 0.389. The number of amides is 2. The molecule has 0 aromatic heterocycles. The number of carbonyl (C=O) groups excluding carboxylic acids is 2. The summed E-state index contributed by atoms with van der Waals surface area (Å²) in [6, 6.07) is 9.69. The van der Waals surface area contributed by atoms with Gasteiger partial charge in [-0.3, -0.25) is 14.5 Å². The van der Waals surface area contributed by atoms with E-state index in [4.69, 9.17) is 12.2 Å². The van der Waals surface area contributed by atoms with Gasteiger partial charge in [0, 0.05) is 18.5 Å². The normalized spacial score (nSPS) is 16.8. The predicted molar refractivity (Wildman–Crippen MR) is 103 cm³/mol. The minimum absolute atomic E-state index is 0.00670. The van der Waals surface area contributed by atoms with Crippen LogP contribution >= 0.6 is 24.0 Å². The lowest BCUT2D eigenvalue weighted by molar-refractivity contribution is -0.124. The molecule has 0 atom stereocenters. The van der Waals surface area contributed by atoms with Gasteiger partial charge in [0.1, 0.15) is 4.32 Å². The molecule has 0 bridgehead atoms. The number of rotatable bonds is 5. The van der Waals surface area contributed by atoms with Crippen LogP contribution in [0.1, 0.15) is 39.2 Å². The fourth-order valence-electron chi connectivity index (χ4n) is 2.27. The Bertz CT molecular complexity index is 663. The fourth-order valence-corrected chi connectivity index (χ4v) is 3.58.